The SMILES string of the molecule is Cc1ncc(C(=O)O)n1Cc1ccncc1. The molecular weight excluding hydrogens is 206 g/mol. The van der Waals surface area contributed by atoms with Gasteiger partial charge >= 0.3 is 5.97 Å². The van der Waals surface area contributed by atoms with Crippen molar-refractivity contribution in [3.05, 3.63) is 47.8 Å². The summed E-state index contributed by atoms with van der Waals surface area (Å²) in [6.07, 6.45) is 4.74. The van der Waals surface area contributed by atoms with E-state index in [2.05, 4.69) is 9.97 Å². The fourth-order valence-electron chi connectivity index (χ4n) is 1.51. The number of nitrogens with zero attached hydrogens (tertiary/aromatic N) is 3. The number of aryl methyl sites for hydroxylation is 1. The average Bonchev–Trinajstić information content (AvgIpc) is 2.62. The lowest BCUT2D eigenvalue weighted by Crippen LogP contribution is -2.10. The Morgan fingerprint density at radius 1 is 1.44 bits per heavy atom. The van der Waals surface area contributed by atoms with E-state index in [-0.39, 0.29) is 5.69 Å². The summed E-state index contributed by atoms with van der Waals surface area (Å²) in [6.45, 7) is 2.28. The third kappa shape index (κ3) is 1.93. The van der Waals surface area contributed by atoms with Crippen LogP contribution in [0.3, 0.4) is 0 Å². The Hall–Kier alpha value is -2.17. The molecule has 16 heavy (non-hydrogen) atoms. The van der Waals surface area contributed by atoms with Crippen LogP contribution in [0.25, 0.3) is 0 Å². The van der Waals surface area contributed by atoms with Crippen molar-refractivity contribution in [2.75, 3.05) is 0 Å². The molecule has 2 rings (SSSR count). The van der Waals surface area contributed by atoms with Crippen LogP contribution in [-0.4, -0.2) is 25.6 Å². The van der Waals surface area contributed by atoms with Gasteiger partial charge in [0.2, 0.25) is 0 Å². The van der Waals surface area contributed by atoms with Crippen molar-refractivity contribution >= 4 is 5.97 Å². The molecule has 2 heterocycles. The highest BCUT2D eigenvalue weighted by Crippen LogP contribution is 2.09. The van der Waals surface area contributed by atoms with Crippen LogP contribution in [-0.2, 0) is 6.54 Å². The molecule has 0 saturated carbocycles. The molecule has 5 nitrogen and oxygen atoms in total. The number of hydrogen-bond acceptors (Lipinski definition) is 3. The predicted octanol–water partition coefficient (Wildman–Crippen LogP) is 1.33. The summed E-state index contributed by atoms with van der Waals surface area (Å²) in [6, 6.07) is 3.70. The number of carboxylic acid groups (broad SMARTS) is 1. The Balaban J connectivity index is 2.34. The summed E-state index contributed by atoms with van der Waals surface area (Å²) in [7, 11) is 0. The minimum absolute atomic E-state index is 0.203. The molecule has 0 aromatic carbocycles. The maximum Gasteiger partial charge on any atom is 0.354 e. The van der Waals surface area contributed by atoms with Crippen LogP contribution < -0.4 is 0 Å². The van der Waals surface area contributed by atoms with E-state index in [9.17, 15) is 4.79 Å². The van der Waals surface area contributed by atoms with Gasteiger partial charge in [-0.1, -0.05) is 0 Å². The molecule has 5 heteroatoms. The molecule has 0 fully saturated rings. The molecule has 0 saturated heterocycles. The molecule has 0 aliphatic carbocycles. The summed E-state index contributed by atoms with van der Waals surface area (Å²) in [5, 5.41) is 8.98. The molecule has 2 aromatic rings. The summed E-state index contributed by atoms with van der Waals surface area (Å²) in [5.41, 5.74) is 1.20. The lowest BCUT2D eigenvalue weighted by atomic mass is 10.2. The Labute approximate surface area is 92.4 Å². The van der Waals surface area contributed by atoms with Crippen molar-refractivity contribution in [1.82, 2.24) is 14.5 Å². The Kier molecular flexibility index (Phi) is 2.68. The quantitative estimate of drug-likeness (QED) is 0.842. The van der Waals surface area contributed by atoms with Crippen molar-refractivity contribution in [1.29, 1.82) is 0 Å². The second-order valence-corrected chi connectivity index (χ2v) is 3.44. The van der Waals surface area contributed by atoms with Gasteiger partial charge in [0.25, 0.3) is 0 Å². The molecule has 0 atom stereocenters. The van der Waals surface area contributed by atoms with Gasteiger partial charge in [-0.2, -0.15) is 0 Å². The molecule has 0 aliphatic heterocycles. The van der Waals surface area contributed by atoms with E-state index >= 15 is 0 Å². The second-order valence-electron chi connectivity index (χ2n) is 3.44. The molecule has 0 spiro atoms. The van der Waals surface area contributed by atoms with Crippen molar-refractivity contribution in [3.63, 3.8) is 0 Å². The summed E-state index contributed by atoms with van der Waals surface area (Å²) >= 11 is 0. The largest absolute Gasteiger partial charge is 0.477 e. The van der Waals surface area contributed by atoms with Crippen molar-refractivity contribution < 1.29 is 9.90 Å². The number of imidazole rings is 1. The number of pyridine rings is 1. The first kappa shape index (κ1) is 10.4. The molecule has 2 aromatic heterocycles. The summed E-state index contributed by atoms with van der Waals surface area (Å²) < 4.78 is 1.66. The number of carbonyl (C=O) groups is 1. The van der Waals surface area contributed by atoms with E-state index in [0.717, 1.165) is 5.56 Å². The lowest BCUT2D eigenvalue weighted by molar-refractivity contribution is 0.0685. The minimum atomic E-state index is -0.963. The minimum Gasteiger partial charge on any atom is -0.477 e. The molecule has 0 radical (unpaired) electrons. The van der Waals surface area contributed by atoms with E-state index in [1.165, 1.54) is 6.20 Å². The van der Waals surface area contributed by atoms with Gasteiger partial charge in [0, 0.05) is 18.9 Å². The first-order valence-corrected chi connectivity index (χ1v) is 4.83. The smallest absolute Gasteiger partial charge is 0.354 e. The van der Waals surface area contributed by atoms with Crippen molar-refractivity contribution in [2.24, 2.45) is 0 Å². The zero-order valence-corrected chi connectivity index (χ0v) is 8.79. The van der Waals surface area contributed by atoms with Gasteiger partial charge in [-0.15, -0.1) is 0 Å². The highest BCUT2D eigenvalue weighted by Gasteiger charge is 2.12. The van der Waals surface area contributed by atoms with Crippen LogP contribution in [0.15, 0.2) is 30.7 Å². The fourth-order valence-corrected chi connectivity index (χ4v) is 1.51. The van der Waals surface area contributed by atoms with Crippen LogP contribution in [0.4, 0.5) is 0 Å². The summed E-state index contributed by atoms with van der Waals surface area (Å²) in [5.74, 6) is -0.274. The number of carboxylic acids is 1. The standard InChI is InChI=1S/C11H11N3O2/c1-8-13-6-10(11(15)16)14(8)7-9-2-4-12-5-3-9/h2-6H,7H2,1H3,(H,15,16). The lowest BCUT2D eigenvalue weighted by Gasteiger charge is -2.07. The Morgan fingerprint density at radius 2 is 2.12 bits per heavy atom. The summed E-state index contributed by atoms with van der Waals surface area (Å²) in [4.78, 5) is 18.9. The van der Waals surface area contributed by atoms with E-state index in [1.54, 1.807) is 23.9 Å². The van der Waals surface area contributed by atoms with E-state index < -0.39 is 5.97 Å². The highest BCUT2D eigenvalue weighted by atomic mass is 16.4. The zero-order chi connectivity index (χ0) is 11.5. The molecule has 0 bridgehead atoms. The van der Waals surface area contributed by atoms with Gasteiger partial charge in [0.1, 0.15) is 11.5 Å². The monoisotopic (exact) mass is 217 g/mol. The second kappa shape index (κ2) is 4.14. The van der Waals surface area contributed by atoms with Crippen molar-refractivity contribution in [3.8, 4) is 0 Å². The number of rotatable bonds is 3. The molecule has 82 valence electrons. The normalized spacial score (nSPS) is 10.3. The topological polar surface area (TPSA) is 68.0 Å². The first-order valence-electron chi connectivity index (χ1n) is 4.83. The third-order valence-electron chi connectivity index (χ3n) is 2.36. The molecule has 0 amide bonds. The highest BCUT2D eigenvalue weighted by molar-refractivity contribution is 5.85. The Bertz CT molecular complexity index is 505. The number of hydrogen-bond donors (Lipinski definition) is 1. The first-order chi connectivity index (χ1) is 7.68. The fraction of sp³-hybridized carbons (Fsp3) is 0.182. The van der Waals surface area contributed by atoms with E-state index in [4.69, 9.17) is 5.11 Å². The maximum atomic E-state index is 11.0. The number of aromatic nitrogens is 3. The van der Waals surface area contributed by atoms with Gasteiger partial charge in [-0.05, 0) is 24.6 Å². The molecular formula is C11H11N3O2. The average molecular weight is 217 g/mol. The van der Waals surface area contributed by atoms with Gasteiger partial charge < -0.3 is 9.67 Å². The number of aromatic carboxylic acids is 1. The van der Waals surface area contributed by atoms with Crippen molar-refractivity contribution in [2.45, 2.75) is 13.5 Å². The van der Waals surface area contributed by atoms with Gasteiger partial charge in [-0.3, -0.25) is 4.98 Å². The third-order valence-corrected chi connectivity index (χ3v) is 2.36. The zero-order valence-electron chi connectivity index (χ0n) is 8.79. The maximum absolute atomic E-state index is 11.0. The Morgan fingerprint density at radius 3 is 2.75 bits per heavy atom. The predicted molar refractivity (Wildman–Crippen MR) is 57.3 cm³/mol. The molecule has 0 unspecified atom stereocenters. The van der Waals surface area contributed by atoms with Crippen LogP contribution in [0.5, 0.6) is 0 Å². The molecule has 1 N–H and O–H groups in total. The van der Waals surface area contributed by atoms with E-state index in [0.29, 0.717) is 12.4 Å². The van der Waals surface area contributed by atoms with Gasteiger partial charge in [0.15, 0.2) is 0 Å². The van der Waals surface area contributed by atoms with Gasteiger partial charge in [0.05, 0.1) is 6.20 Å². The van der Waals surface area contributed by atoms with E-state index in [1.807, 2.05) is 12.1 Å². The molecule has 0 aliphatic rings. The van der Waals surface area contributed by atoms with Crippen LogP contribution in [0, 0.1) is 6.92 Å². The van der Waals surface area contributed by atoms with Gasteiger partial charge in [-0.25, -0.2) is 9.78 Å². The van der Waals surface area contributed by atoms with Crippen LogP contribution in [0.2, 0.25) is 0 Å². The van der Waals surface area contributed by atoms with Crippen LogP contribution in [0.1, 0.15) is 21.9 Å². The van der Waals surface area contributed by atoms with Crippen LogP contribution >= 0.6 is 0 Å².